The number of carbonyl (C=O) groups excluding carboxylic acids is 1. The quantitative estimate of drug-likeness (QED) is 0.635. The van der Waals surface area contributed by atoms with Gasteiger partial charge in [-0.05, 0) is 31.6 Å². The average molecular weight is 282 g/mol. The van der Waals surface area contributed by atoms with E-state index >= 15 is 0 Å². The molecule has 1 rings (SSSR count). The summed E-state index contributed by atoms with van der Waals surface area (Å²) >= 11 is 0. The summed E-state index contributed by atoms with van der Waals surface area (Å²) in [4.78, 5) is 12.1. The van der Waals surface area contributed by atoms with Crippen LogP contribution in [-0.4, -0.2) is 18.5 Å². The van der Waals surface area contributed by atoms with Crippen molar-refractivity contribution in [3.63, 3.8) is 0 Å². The molecule has 3 atom stereocenters. The first kappa shape index (κ1) is 17.5. The maximum Gasteiger partial charge on any atom is 0.223 e. The van der Waals surface area contributed by atoms with Crippen LogP contribution in [0.3, 0.4) is 0 Å². The van der Waals surface area contributed by atoms with Gasteiger partial charge in [0, 0.05) is 18.5 Å². The van der Waals surface area contributed by atoms with Crippen LogP contribution in [0.4, 0.5) is 0 Å². The molecule has 0 saturated heterocycles. The maximum absolute atomic E-state index is 12.1. The molecular formula is C17H34N2O. The first-order valence-electron chi connectivity index (χ1n) is 8.68. The summed E-state index contributed by atoms with van der Waals surface area (Å²) < 4.78 is 0. The summed E-state index contributed by atoms with van der Waals surface area (Å²) in [5.41, 5.74) is 6.01. The first-order valence-corrected chi connectivity index (χ1v) is 8.68. The zero-order valence-corrected chi connectivity index (χ0v) is 13.5. The second-order valence-electron chi connectivity index (χ2n) is 6.53. The predicted octanol–water partition coefficient (Wildman–Crippen LogP) is 3.62. The molecule has 0 aromatic rings. The van der Waals surface area contributed by atoms with Crippen molar-refractivity contribution in [3.05, 3.63) is 0 Å². The van der Waals surface area contributed by atoms with Crippen molar-refractivity contribution < 1.29 is 4.79 Å². The minimum Gasteiger partial charge on any atom is -0.356 e. The van der Waals surface area contributed by atoms with Crippen LogP contribution < -0.4 is 11.1 Å². The van der Waals surface area contributed by atoms with Crippen molar-refractivity contribution in [2.75, 3.05) is 6.54 Å². The van der Waals surface area contributed by atoms with E-state index in [1.54, 1.807) is 0 Å². The highest BCUT2D eigenvalue weighted by Crippen LogP contribution is 2.29. The third kappa shape index (κ3) is 6.74. The Morgan fingerprint density at radius 1 is 1.20 bits per heavy atom. The molecule has 1 saturated carbocycles. The second-order valence-corrected chi connectivity index (χ2v) is 6.53. The highest BCUT2D eigenvalue weighted by molar-refractivity contribution is 5.78. The van der Waals surface area contributed by atoms with Crippen molar-refractivity contribution in [1.82, 2.24) is 5.32 Å². The lowest BCUT2D eigenvalue weighted by molar-refractivity contribution is -0.126. The van der Waals surface area contributed by atoms with E-state index in [1.807, 2.05) is 0 Å². The Balaban J connectivity index is 2.09. The van der Waals surface area contributed by atoms with E-state index in [1.165, 1.54) is 44.9 Å². The van der Waals surface area contributed by atoms with Gasteiger partial charge in [0.1, 0.15) is 0 Å². The van der Waals surface area contributed by atoms with Crippen molar-refractivity contribution in [2.45, 2.75) is 84.1 Å². The minimum atomic E-state index is 0.126. The molecule has 3 heteroatoms. The fraction of sp³-hybridized carbons (Fsp3) is 0.941. The molecule has 0 spiro atoms. The van der Waals surface area contributed by atoms with Gasteiger partial charge in [0.25, 0.3) is 0 Å². The minimum absolute atomic E-state index is 0.126. The number of carbonyl (C=O) groups is 1. The van der Waals surface area contributed by atoms with Crippen LogP contribution in [0.5, 0.6) is 0 Å². The van der Waals surface area contributed by atoms with Crippen LogP contribution in [0.25, 0.3) is 0 Å². The summed E-state index contributed by atoms with van der Waals surface area (Å²) in [7, 11) is 0. The monoisotopic (exact) mass is 282 g/mol. The maximum atomic E-state index is 12.1. The predicted molar refractivity (Wildman–Crippen MR) is 85.5 cm³/mol. The highest BCUT2D eigenvalue weighted by Gasteiger charge is 2.28. The van der Waals surface area contributed by atoms with E-state index in [0.29, 0.717) is 12.0 Å². The van der Waals surface area contributed by atoms with Gasteiger partial charge in [0.05, 0.1) is 0 Å². The molecule has 0 aromatic carbocycles. The Morgan fingerprint density at radius 3 is 2.60 bits per heavy atom. The third-order valence-corrected chi connectivity index (χ3v) is 4.71. The SMILES string of the molecule is CCCCCCCCNC(=O)C(C)C1CCCC(N)C1. The molecular weight excluding hydrogens is 248 g/mol. The zero-order chi connectivity index (χ0) is 14.8. The van der Waals surface area contributed by atoms with E-state index in [2.05, 4.69) is 19.2 Å². The zero-order valence-electron chi connectivity index (χ0n) is 13.5. The summed E-state index contributed by atoms with van der Waals surface area (Å²) in [6, 6.07) is 0.308. The summed E-state index contributed by atoms with van der Waals surface area (Å²) in [5, 5.41) is 3.11. The van der Waals surface area contributed by atoms with Crippen LogP contribution in [0.15, 0.2) is 0 Å². The van der Waals surface area contributed by atoms with Gasteiger partial charge < -0.3 is 11.1 Å². The van der Waals surface area contributed by atoms with Crippen molar-refractivity contribution in [2.24, 2.45) is 17.6 Å². The number of unbranched alkanes of at least 4 members (excludes halogenated alkanes) is 5. The third-order valence-electron chi connectivity index (χ3n) is 4.71. The lowest BCUT2D eigenvalue weighted by Crippen LogP contribution is -2.38. The molecule has 3 nitrogen and oxygen atoms in total. The molecule has 0 aliphatic heterocycles. The number of hydrogen-bond acceptors (Lipinski definition) is 2. The largest absolute Gasteiger partial charge is 0.356 e. The smallest absolute Gasteiger partial charge is 0.223 e. The number of amides is 1. The lowest BCUT2D eigenvalue weighted by atomic mass is 9.78. The molecule has 20 heavy (non-hydrogen) atoms. The molecule has 3 unspecified atom stereocenters. The molecule has 1 aliphatic rings. The fourth-order valence-electron chi connectivity index (χ4n) is 3.21. The van der Waals surface area contributed by atoms with E-state index in [-0.39, 0.29) is 11.8 Å². The molecule has 0 bridgehead atoms. The van der Waals surface area contributed by atoms with E-state index in [9.17, 15) is 4.79 Å². The van der Waals surface area contributed by atoms with Gasteiger partial charge in [-0.1, -0.05) is 52.4 Å². The van der Waals surface area contributed by atoms with Gasteiger partial charge in [0.15, 0.2) is 0 Å². The Morgan fingerprint density at radius 2 is 1.90 bits per heavy atom. The Hall–Kier alpha value is -0.570. The van der Waals surface area contributed by atoms with Gasteiger partial charge in [-0.3, -0.25) is 4.79 Å². The molecule has 118 valence electrons. The molecule has 0 radical (unpaired) electrons. The van der Waals surface area contributed by atoms with Crippen LogP contribution in [0.2, 0.25) is 0 Å². The van der Waals surface area contributed by atoms with E-state index < -0.39 is 0 Å². The van der Waals surface area contributed by atoms with Crippen LogP contribution in [0, 0.1) is 11.8 Å². The number of nitrogens with one attached hydrogen (secondary N) is 1. The van der Waals surface area contributed by atoms with Crippen molar-refractivity contribution in [3.8, 4) is 0 Å². The van der Waals surface area contributed by atoms with E-state index in [4.69, 9.17) is 5.73 Å². The second kappa shape index (κ2) is 10.2. The topological polar surface area (TPSA) is 55.1 Å². The van der Waals surface area contributed by atoms with Crippen molar-refractivity contribution >= 4 is 5.91 Å². The standard InChI is InChI=1S/C17H34N2O/c1-3-4-5-6-7-8-12-19-17(20)14(2)15-10-9-11-16(18)13-15/h14-16H,3-13,18H2,1-2H3,(H,19,20). The molecule has 1 fully saturated rings. The lowest BCUT2D eigenvalue weighted by Gasteiger charge is -2.30. The Bertz CT molecular complexity index is 268. The molecule has 3 N–H and O–H groups in total. The first-order chi connectivity index (χ1) is 9.65. The van der Waals surface area contributed by atoms with Crippen LogP contribution in [-0.2, 0) is 4.79 Å². The van der Waals surface area contributed by atoms with Gasteiger partial charge in [-0.2, -0.15) is 0 Å². The summed E-state index contributed by atoms with van der Waals surface area (Å²) in [6.07, 6.45) is 12.1. The van der Waals surface area contributed by atoms with Crippen LogP contribution >= 0.6 is 0 Å². The molecule has 1 aliphatic carbocycles. The highest BCUT2D eigenvalue weighted by atomic mass is 16.1. The van der Waals surface area contributed by atoms with Gasteiger partial charge in [-0.25, -0.2) is 0 Å². The summed E-state index contributed by atoms with van der Waals surface area (Å²) in [6.45, 7) is 5.14. The fourth-order valence-corrected chi connectivity index (χ4v) is 3.21. The molecule has 0 heterocycles. The number of rotatable bonds is 9. The Labute approximate surface area is 125 Å². The van der Waals surface area contributed by atoms with Crippen molar-refractivity contribution in [1.29, 1.82) is 0 Å². The van der Waals surface area contributed by atoms with Crippen LogP contribution in [0.1, 0.15) is 78.1 Å². The van der Waals surface area contributed by atoms with Gasteiger partial charge in [0.2, 0.25) is 5.91 Å². The normalized spacial score (nSPS) is 24.4. The summed E-state index contributed by atoms with van der Waals surface area (Å²) in [5.74, 6) is 0.849. The number of hydrogen-bond donors (Lipinski definition) is 2. The van der Waals surface area contributed by atoms with Gasteiger partial charge >= 0.3 is 0 Å². The molecule has 0 aromatic heterocycles. The number of nitrogens with two attached hydrogens (primary N) is 1. The average Bonchev–Trinajstić information content (AvgIpc) is 2.45. The Kier molecular flexibility index (Phi) is 8.92. The van der Waals surface area contributed by atoms with E-state index in [0.717, 1.165) is 25.8 Å². The van der Waals surface area contributed by atoms with Gasteiger partial charge in [-0.15, -0.1) is 0 Å². The molecule has 1 amide bonds.